The minimum Gasteiger partial charge on any atom is -0.504 e. The fraction of sp³-hybridized carbons (Fsp3) is 0.462. The summed E-state index contributed by atoms with van der Waals surface area (Å²) in [5.41, 5.74) is 0.976. The van der Waals surface area contributed by atoms with Gasteiger partial charge in [0.2, 0.25) is 0 Å². The molecule has 92 valence electrons. The van der Waals surface area contributed by atoms with E-state index in [2.05, 4.69) is 0 Å². The lowest BCUT2D eigenvalue weighted by Crippen LogP contribution is -2.20. The molecule has 1 aliphatic carbocycles. The Kier molecular flexibility index (Phi) is 3.22. The van der Waals surface area contributed by atoms with Gasteiger partial charge < -0.3 is 15.3 Å². The Labute approximate surface area is 99.5 Å². The lowest BCUT2D eigenvalue weighted by atomic mass is 9.79. The van der Waals surface area contributed by atoms with Crippen molar-refractivity contribution < 1.29 is 20.1 Å². The molecule has 0 spiro atoms. The Morgan fingerprint density at radius 3 is 2.24 bits per heavy atom. The molecule has 3 N–H and O–H groups in total. The summed E-state index contributed by atoms with van der Waals surface area (Å²) < 4.78 is 0. The molecular weight excluding hydrogens is 220 g/mol. The smallest absolute Gasteiger partial charge is 0.306 e. The van der Waals surface area contributed by atoms with E-state index in [-0.39, 0.29) is 23.3 Å². The molecule has 0 unspecified atom stereocenters. The van der Waals surface area contributed by atoms with Gasteiger partial charge in [0.25, 0.3) is 0 Å². The van der Waals surface area contributed by atoms with E-state index in [4.69, 9.17) is 5.11 Å². The van der Waals surface area contributed by atoms with Crippen LogP contribution in [-0.4, -0.2) is 21.3 Å². The van der Waals surface area contributed by atoms with Crippen LogP contribution in [0.3, 0.4) is 0 Å². The van der Waals surface area contributed by atoms with Gasteiger partial charge >= 0.3 is 5.97 Å². The van der Waals surface area contributed by atoms with Crippen molar-refractivity contribution >= 4 is 5.97 Å². The van der Waals surface area contributed by atoms with Crippen molar-refractivity contribution in [1.82, 2.24) is 0 Å². The number of benzene rings is 1. The average molecular weight is 236 g/mol. The molecule has 1 saturated carbocycles. The van der Waals surface area contributed by atoms with Crippen LogP contribution < -0.4 is 0 Å². The van der Waals surface area contributed by atoms with Gasteiger partial charge in [0.15, 0.2) is 11.5 Å². The summed E-state index contributed by atoms with van der Waals surface area (Å²) in [4.78, 5) is 10.8. The first-order chi connectivity index (χ1) is 8.08. The lowest BCUT2D eigenvalue weighted by molar-refractivity contribution is -0.142. The normalized spacial score (nSPS) is 24.5. The molecule has 0 aliphatic heterocycles. The summed E-state index contributed by atoms with van der Waals surface area (Å²) in [6, 6.07) is 4.84. The molecule has 17 heavy (non-hydrogen) atoms. The van der Waals surface area contributed by atoms with Gasteiger partial charge in [-0.2, -0.15) is 0 Å². The summed E-state index contributed by atoms with van der Waals surface area (Å²) >= 11 is 0. The molecule has 0 atom stereocenters. The molecule has 0 radical (unpaired) electrons. The summed E-state index contributed by atoms with van der Waals surface area (Å²) in [6.45, 7) is 0. The molecule has 1 aromatic carbocycles. The molecular formula is C13H16O4. The van der Waals surface area contributed by atoms with E-state index in [9.17, 15) is 15.0 Å². The lowest BCUT2D eigenvalue weighted by Gasteiger charge is -2.26. The summed E-state index contributed by atoms with van der Waals surface area (Å²) in [6.07, 6.45) is 3.01. The molecule has 0 amide bonds. The van der Waals surface area contributed by atoms with Crippen molar-refractivity contribution in [3.8, 4) is 11.5 Å². The zero-order valence-electron chi connectivity index (χ0n) is 9.47. The SMILES string of the molecule is O=C(O)C1CCC(c2ccc(O)c(O)c2)CC1. The topological polar surface area (TPSA) is 77.8 Å². The molecule has 4 heteroatoms. The third-order valence-electron chi connectivity index (χ3n) is 3.55. The Morgan fingerprint density at radius 2 is 1.71 bits per heavy atom. The van der Waals surface area contributed by atoms with Gasteiger partial charge in [0.05, 0.1) is 5.92 Å². The first-order valence-corrected chi connectivity index (χ1v) is 5.82. The highest BCUT2D eigenvalue weighted by Crippen LogP contribution is 2.38. The Hall–Kier alpha value is -1.71. The fourth-order valence-corrected chi connectivity index (χ4v) is 2.47. The first kappa shape index (κ1) is 11.8. The van der Waals surface area contributed by atoms with Crippen molar-refractivity contribution in [1.29, 1.82) is 0 Å². The minimum atomic E-state index is -0.711. The molecule has 0 heterocycles. The highest BCUT2D eigenvalue weighted by atomic mass is 16.4. The molecule has 2 rings (SSSR count). The standard InChI is InChI=1S/C13H16O4/c14-11-6-5-10(7-12(11)15)8-1-3-9(4-2-8)13(16)17/h5-9,14-15H,1-4H2,(H,16,17). The van der Waals surface area contributed by atoms with E-state index < -0.39 is 5.97 Å². The van der Waals surface area contributed by atoms with Crippen LogP contribution in [0.4, 0.5) is 0 Å². The Morgan fingerprint density at radius 1 is 1.06 bits per heavy atom. The molecule has 1 fully saturated rings. The summed E-state index contributed by atoms with van der Waals surface area (Å²) in [7, 11) is 0. The minimum absolute atomic E-state index is 0.108. The summed E-state index contributed by atoms with van der Waals surface area (Å²) in [5.74, 6) is -0.873. The van der Waals surface area contributed by atoms with Gasteiger partial charge in [0, 0.05) is 0 Å². The first-order valence-electron chi connectivity index (χ1n) is 5.82. The van der Waals surface area contributed by atoms with E-state index in [0.29, 0.717) is 12.8 Å². The van der Waals surface area contributed by atoms with E-state index in [1.54, 1.807) is 12.1 Å². The number of hydrogen-bond acceptors (Lipinski definition) is 3. The Bertz CT molecular complexity index is 419. The van der Waals surface area contributed by atoms with Crippen molar-refractivity contribution in [3.05, 3.63) is 23.8 Å². The molecule has 0 bridgehead atoms. The molecule has 0 aromatic heterocycles. The van der Waals surface area contributed by atoms with Gasteiger partial charge in [-0.05, 0) is 49.3 Å². The zero-order chi connectivity index (χ0) is 12.4. The molecule has 0 saturated heterocycles. The van der Waals surface area contributed by atoms with E-state index in [1.165, 1.54) is 6.07 Å². The molecule has 1 aliphatic rings. The maximum Gasteiger partial charge on any atom is 0.306 e. The zero-order valence-corrected chi connectivity index (χ0v) is 9.47. The number of phenolic OH excluding ortho intramolecular Hbond substituents is 2. The van der Waals surface area contributed by atoms with Crippen LogP contribution in [0.1, 0.15) is 37.2 Å². The van der Waals surface area contributed by atoms with Crippen molar-refractivity contribution in [2.75, 3.05) is 0 Å². The Balaban J connectivity index is 2.05. The number of carboxylic acids is 1. The van der Waals surface area contributed by atoms with E-state index in [0.717, 1.165) is 18.4 Å². The quantitative estimate of drug-likeness (QED) is 0.689. The van der Waals surface area contributed by atoms with Gasteiger partial charge in [-0.25, -0.2) is 0 Å². The van der Waals surface area contributed by atoms with Crippen LogP contribution in [0.15, 0.2) is 18.2 Å². The van der Waals surface area contributed by atoms with Crippen LogP contribution in [0.25, 0.3) is 0 Å². The molecule has 4 nitrogen and oxygen atoms in total. The summed E-state index contributed by atoms with van der Waals surface area (Å²) in [5, 5.41) is 27.6. The van der Waals surface area contributed by atoms with Crippen LogP contribution in [0.5, 0.6) is 11.5 Å². The average Bonchev–Trinajstić information content (AvgIpc) is 2.33. The number of aliphatic carboxylic acids is 1. The van der Waals surface area contributed by atoms with Crippen molar-refractivity contribution in [3.63, 3.8) is 0 Å². The van der Waals surface area contributed by atoms with Crippen molar-refractivity contribution in [2.45, 2.75) is 31.6 Å². The van der Waals surface area contributed by atoms with Gasteiger partial charge in [-0.15, -0.1) is 0 Å². The second-order valence-corrected chi connectivity index (χ2v) is 4.63. The molecule has 1 aromatic rings. The van der Waals surface area contributed by atoms with Gasteiger partial charge in [-0.1, -0.05) is 6.07 Å². The second-order valence-electron chi connectivity index (χ2n) is 4.63. The van der Waals surface area contributed by atoms with Crippen LogP contribution in [0.2, 0.25) is 0 Å². The third-order valence-corrected chi connectivity index (χ3v) is 3.55. The fourth-order valence-electron chi connectivity index (χ4n) is 2.47. The van der Waals surface area contributed by atoms with Gasteiger partial charge in [-0.3, -0.25) is 4.79 Å². The van der Waals surface area contributed by atoms with Crippen LogP contribution >= 0.6 is 0 Å². The van der Waals surface area contributed by atoms with Crippen LogP contribution in [0, 0.1) is 5.92 Å². The third kappa shape index (κ3) is 2.52. The van der Waals surface area contributed by atoms with Crippen LogP contribution in [-0.2, 0) is 4.79 Å². The monoisotopic (exact) mass is 236 g/mol. The highest BCUT2D eigenvalue weighted by molar-refractivity contribution is 5.70. The number of phenols is 2. The number of rotatable bonds is 2. The second kappa shape index (κ2) is 4.65. The number of carboxylic acid groups (broad SMARTS) is 1. The number of aromatic hydroxyl groups is 2. The van der Waals surface area contributed by atoms with Crippen molar-refractivity contribution in [2.24, 2.45) is 5.92 Å². The van der Waals surface area contributed by atoms with E-state index >= 15 is 0 Å². The van der Waals surface area contributed by atoms with Gasteiger partial charge in [0.1, 0.15) is 0 Å². The largest absolute Gasteiger partial charge is 0.504 e. The number of carbonyl (C=O) groups is 1. The predicted octanol–water partition coefficient (Wildman–Crippen LogP) is 2.46. The maximum atomic E-state index is 10.8. The number of hydrogen-bond donors (Lipinski definition) is 3. The highest BCUT2D eigenvalue weighted by Gasteiger charge is 2.26. The predicted molar refractivity (Wildman–Crippen MR) is 62.1 cm³/mol. The van der Waals surface area contributed by atoms with E-state index in [1.807, 2.05) is 0 Å². The maximum absolute atomic E-state index is 10.8.